The average molecular weight is 273 g/mol. The fourth-order valence-corrected chi connectivity index (χ4v) is 3.11. The van der Waals surface area contributed by atoms with E-state index in [1.807, 2.05) is 25.4 Å². The highest BCUT2D eigenvalue weighted by molar-refractivity contribution is 5.87. The molecule has 0 bridgehead atoms. The highest BCUT2D eigenvalue weighted by Gasteiger charge is 2.36. The number of ether oxygens (including phenoxy) is 1. The van der Waals surface area contributed by atoms with Crippen molar-refractivity contribution in [3.63, 3.8) is 0 Å². The van der Waals surface area contributed by atoms with Crippen LogP contribution in [0, 0.1) is 5.92 Å². The Morgan fingerprint density at radius 2 is 2.20 bits per heavy atom. The number of aryl methyl sites for hydroxylation is 1. The molecule has 1 atom stereocenters. The molecule has 1 aliphatic rings. The van der Waals surface area contributed by atoms with Gasteiger partial charge in [-0.15, -0.1) is 0 Å². The van der Waals surface area contributed by atoms with Gasteiger partial charge in [0.15, 0.2) is 0 Å². The fourth-order valence-electron chi connectivity index (χ4n) is 3.11. The maximum Gasteiger partial charge on any atom is 0.303 e. The van der Waals surface area contributed by atoms with Crippen LogP contribution in [-0.2, 0) is 11.8 Å². The zero-order chi connectivity index (χ0) is 14.3. The van der Waals surface area contributed by atoms with Gasteiger partial charge in [0.05, 0.1) is 13.5 Å². The SMILES string of the molecule is COc1ccc2c(ccn2C)c1C(CC(=O)O)C1CC1. The Bertz CT molecular complexity index is 655. The molecule has 0 radical (unpaired) electrons. The first-order valence-electron chi connectivity index (χ1n) is 6.95. The summed E-state index contributed by atoms with van der Waals surface area (Å²) in [6.07, 6.45) is 4.42. The molecule has 20 heavy (non-hydrogen) atoms. The van der Waals surface area contributed by atoms with Crippen LogP contribution in [0.2, 0.25) is 0 Å². The zero-order valence-electron chi connectivity index (χ0n) is 11.8. The molecule has 0 amide bonds. The van der Waals surface area contributed by atoms with E-state index in [1.54, 1.807) is 7.11 Å². The van der Waals surface area contributed by atoms with Crippen molar-refractivity contribution in [2.75, 3.05) is 7.11 Å². The van der Waals surface area contributed by atoms with Gasteiger partial charge in [0.25, 0.3) is 0 Å². The topological polar surface area (TPSA) is 51.5 Å². The van der Waals surface area contributed by atoms with Crippen molar-refractivity contribution in [1.29, 1.82) is 0 Å². The van der Waals surface area contributed by atoms with Crippen molar-refractivity contribution in [2.45, 2.75) is 25.2 Å². The number of hydrogen-bond acceptors (Lipinski definition) is 2. The number of aliphatic carboxylic acids is 1. The third-order valence-electron chi connectivity index (χ3n) is 4.25. The minimum absolute atomic E-state index is 0.0496. The number of methoxy groups -OCH3 is 1. The number of rotatable bonds is 5. The first kappa shape index (κ1) is 13.0. The minimum Gasteiger partial charge on any atom is -0.496 e. The maximum absolute atomic E-state index is 11.2. The van der Waals surface area contributed by atoms with Gasteiger partial charge in [-0.3, -0.25) is 4.79 Å². The van der Waals surface area contributed by atoms with Crippen molar-refractivity contribution >= 4 is 16.9 Å². The Morgan fingerprint density at radius 1 is 1.45 bits per heavy atom. The molecule has 1 aromatic heterocycles. The van der Waals surface area contributed by atoms with Gasteiger partial charge in [-0.2, -0.15) is 0 Å². The van der Waals surface area contributed by atoms with E-state index >= 15 is 0 Å². The molecule has 1 fully saturated rings. The molecule has 1 aliphatic carbocycles. The van der Waals surface area contributed by atoms with Crippen LogP contribution in [0.4, 0.5) is 0 Å². The third kappa shape index (κ3) is 2.15. The lowest BCUT2D eigenvalue weighted by atomic mass is 9.88. The number of aromatic nitrogens is 1. The molecule has 0 aliphatic heterocycles. The molecule has 4 nitrogen and oxygen atoms in total. The van der Waals surface area contributed by atoms with Crippen LogP contribution in [0.25, 0.3) is 10.9 Å². The normalized spacial score (nSPS) is 16.3. The molecular formula is C16H19NO3. The van der Waals surface area contributed by atoms with Crippen LogP contribution in [0.5, 0.6) is 5.75 Å². The van der Waals surface area contributed by atoms with Crippen molar-refractivity contribution in [3.05, 3.63) is 30.0 Å². The highest BCUT2D eigenvalue weighted by Crippen LogP contribution is 2.49. The molecule has 3 rings (SSSR count). The molecule has 106 valence electrons. The zero-order valence-corrected chi connectivity index (χ0v) is 11.8. The molecule has 0 spiro atoms. The van der Waals surface area contributed by atoms with E-state index in [0.717, 1.165) is 35.1 Å². The van der Waals surface area contributed by atoms with E-state index in [-0.39, 0.29) is 12.3 Å². The number of benzene rings is 1. The monoisotopic (exact) mass is 273 g/mol. The number of carboxylic acid groups (broad SMARTS) is 1. The second-order valence-electron chi connectivity index (χ2n) is 5.58. The van der Waals surface area contributed by atoms with Crippen LogP contribution in [0.15, 0.2) is 24.4 Å². The maximum atomic E-state index is 11.2. The largest absolute Gasteiger partial charge is 0.496 e. The van der Waals surface area contributed by atoms with Gasteiger partial charge in [-0.05, 0) is 37.0 Å². The predicted octanol–water partition coefficient (Wildman–Crippen LogP) is 3.16. The standard InChI is InChI=1S/C16H19NO3/c1-17-8-7-11-13(17)5-6-14(20-2)16(11)12(9-15(18)19)10-3-4-10/h5-8,10,12H,3-4,9H2,1-2H3,(H,18,19). The van der Waals surface area contributed by atoms with Gasteiger partial charge >= 0.3 is 5.97 Å². The van der Waals surface area contributed by atoms with E-state index in [9.17, 15) is 9.90 Å². The Labute approximate surface area is 118 Å². The van der Waals surface area contributed by atoms with Crippen molar-refractivity contribution in [3.8, 4) is 5.75 Å². The summed E-state index contributed by atoms with van der Waals surface area (Å²) in [6.45, 7) is 0. The summed E-state index contributed by atoms with van der Waals surface area (Å²) < 4.78 is 7.56. The van der Waals surface area contributed by atoms with Gasteiger partial charge in [0.1, 0.15) is 5.75 Å². The number of hydrogen-bond donors (Lipinski definition) is 1. The Hall–Kier alpha value is -1.97. The second-order valence-corrected chi connectivity index (χ2v) is 5.58. The van der Waals surface area contributed by atoms with Gasteiger partial charge < -0.3 is 14.4 Å². The fraction of sp³-hybridized carbons (Fsp3) is 0.438. The molecule has 1 N–H and O–H groups in total. The lowest BCUT2D eigenvalue weighted by molar-refractivity contribution is -0.137. The quantitative estimate of drug-likeness (QED) is 0.910. The van der Waals surface area contributed by atoms with Crippen LogP contribution in [0.3, 0.4) is 0 Å². The number of fused-ring (bicyclic) bond motifs is 1. The molecule has 1 aromatic carbocycles. The summed E-state index contributed by atoms with van der Waals surface area (Å²) in [5.74, 6) is 0.595. The van der Waals surface area contributed by atoms with Crippen LogP contribution in [-0.4, -0.2) is 22.8 Å². The summed E-state index contributed by atoms with van der Waals surface area (Å²) in [5, 5.41) is 10.3. The second kappa shape index (κ2) is 4.85. The van der Waals surface area contributed by atoms with Crippen molar-refractivity contribution in [1.82, 2.24) is 4.57 Å². The molecule has 4 heteroatoms. The number of nitrogens with zero attached hydrogens (tertiary/aromatic N) is 1. The number of carbonyl (C=O) groups is 1. The van der Waals surface area contributed by atoms with E-state index in [0.29, 0.717) is 5.92 Å². The van der Waals surface area contributed by atoms with E-state index in [4.69, 9.17) is 4.74 Å². The minimum atomic E-state index is -0.739. The average Bonchev–Trinajstić information content (AvgIpc) is 3.19. The molecule has 1 saturated carbocycles. The van der Waals surface area contributed by atoms with Gasteiger partial charge in [0.2, 0.25) is 0 Å². The first-order chi connectivity index (χ1) is 9.61. The number of carboxylic acids is 1. The Balaban J connectivity index is 2.17. The lowest BCUT2D eigenvalue weighted by Crippen LogP contribution is -2.10. The summed E-state index contributed by atoms with van der Waals surface area (Å²) in [5.41, 5.74) is 2.19. The van der Waals surface area contributed by atoms with E-state index in [2.05, 4.69) is 10.6 Å². The van der Waals surface area contributed by atoms with Gasteiger partial charge in [-0.25, -0.2) is 0 Å². The summed E-state index contributed by atoms with van der Waals surface area (Å²) in [7, 11) is 3.65. The molecule has 1 heterocycles. The van der Waals surface area contributed by atoms with E-state index < -0.39 is 5.97 Å². The van der Waals surface area contributed by atoms with Crippen molar-refractivity contribution < 1.29 is 14.6 Å². The molecular weight excluding hydrogens is 254 g/mol. The Morgan fingerprint density at radius 3 is 2.80 bits per heavy atom. The third-order valence-corrected chi connectivity index (χ3v) is 4.25. The molecule has 1 unspecified atom stereocenters. The summed E-state index contributed by atoms with van der Waals surface area (Å²) in [6, 6.07) is 6.04. The van der Waals surface area contributed by atoms with Gasteiger partial charge in [-0.1, -0.05) is 0 Å². The lowest BCUT2D eigenvalue weighted by Gasteiger charge is -2.19. The van der Waals surface area contributed by atoms with Crippen molar-refractivity contribution in [2.24, 2.45) is 13.0 Å². The Kier molecular flexibility index (Phi) is 3.16. The van der Waals surface area contributed by atoms with Crippen LogP contribution in [0.1, 0.15) is 30.7 Å². The van der Waals surface area contributed by atoms with Crippen LogP contribution >= 0.6 is 0 Å². The predicted molar refractivity (Wildman–Crippen MR) is 77.2 cm³/mol. The highest BCUT2D eigenvalue weighted by atomic mass is 16.5. The molecule has 2 aromatic rings. The smallest absolute Gasteiger partial charge is 0.303 e. The first-order valence-corrected chi connectivity index (χ1v) is 6.95. The summed E-state index contributed by atoms with van der Waals surface area (Å²) in [4.78, 5) is 11.2. The van der Waals surface area contributed by atoms with Crippen LogP contribution < -0.4 is 4.74 Å². The van der Waals surface area contributed by atoms with E-state index in [1.165, 1.54) is 0 Å². The van der Waals surface area contributed by atoms with Gasteiger partial charge in [0, 0.05) is 35.6 Å². The molecule has 0 saturated heterocycles. The summed E-state index contributed by atoms with van der Waals surface area (Å²) >= 11 is 0.